The van der Waals surface area contributed by atoms with Crippen molar-refractivity contribution in [3.8, 4) is 17.2 Å². The molecule has 0 aliphatic heterocycles. The minimum atomic E-state index is 0.416. The lowest BCUT2D eigenvalue weighted by Crippen LogP contribution is -2.28. The molecule has 0 atom stereocenters. The van der Waals surface area contributed by atoms with Crippen LogP contribution in [0, 0.1) is 0 Å². The van der Waals surface area contributed by atoms with E-state index in [9.17, 15) is 0 Å². The molecule has 6 nitrogen and oxygen atoms in total. The molecule has 0 radical (unpaired) electrons. The maximum absolute atomic E-state index is 5.91. The first-order chi connectivity index (χ1) is 12.2. The van der Waals surface area contributed by atoms with Crippen LogP contribution in [0.5, 0.6) is 17.2 Å². The Morgan fingerprint density at radius 1 is 1.12 bits per heavy atom. The lowest BCUT2D eigenvalue weighted by molar-refractivity contribution is 0.266. The molecule has 0 aromatic heterocycles. The summed E-state index contributed by atoms with van der Waals surface area (Å²) < 4.78 is 16.8. The molecule has 2 rings (SSSR count). The number of nitrogens with zero attached hydrogens (tertiary/aromatic N) is 1. The van der Waals surface area contributed by atoms with E-state index >= 15 is 0 Å². The Bertz CT molecular complexity index is 711. The van der Waals surface area contributed by atoms with Gasteiger partial charge in [-0.1, -0.05) is 30.3 Å². The van der Waals surface area contributed by atoms with E-state index in [2.05, 4.69) is 15.8 Å². The van der Waals surface area contributed by atoms with Crippen LogP contribution >= 0.6 is 12.2 Å². The van der Waals surface area contributed by atoms with Gasteiger partial charge in [0.15, 0.2) is 16.6 Å². The molecule has 0 saturated carbocycles. The molecule has 2 aromatic rings. The molecule has 0 aliphatic rings. The highest BCUT2D eigenvalue weighted by Crippen LogP contribution is 2.38. The Morgan fingerprint density at radius 3 is 2.32 bits per heavy atom. The van der Waals surface area contributed by atoms with Crippen LogP contribution in [-0.2, 0) is 6.61 Å². The molecule has 0 fully saturated rings. The molecule has 132 valence electrons. The van der Waals surface area contributed by atoms with Gasteiger partial charge in [-0.3, -0.25) is 5.43 Å². The molecule has 2 aromatic carbocycles. The predicted octanol–water partition coefficient (Wildman–Crippen LogP) is 2.71. The Hall–Kier alpha value is -2.80. The van der Waals surface area contributed by atoms with E-state index in [1.54, 1.807) is 27.5 Å². The highest BCUT2D eigenvalue weighted by molar-refractivity contribution is 7.80. The van der Waals surface area contributed by atoms with Gasteiger partial charge in [0.1, 0.15) is 6.61 Å². The number of methoxy groups -OCH3 is 2. The number of rotatable bonds is 7. The lowest BCUT2D eigenvalue weighted by Gasteiger charge is -2.15. The normalized spacial score (nSPS) is 10.4. The quantitative estimate of drug-likeness (QED) is 0.450. The summed E-state index contributed by atoms with van der Waals surface area (Å²) in [4.78, 5) is 0. The number of thiocarbonyl (C=S) groups is 1. The molecule has 7 heteroatoms. The van der Waals surface area contributed by atoms with E-state index in [-0.39, 0.29) is 0 Å². The second kappa shape index (κ2) is 9.48. The number of hydrogen-bond donors (Lipinski definition) is 2. The molecule has 0 aliphatic carbocycles. The summed E-state index contributed by atoms with van der Waals surface area (Å²) in [5, 5.41) is 7.26. The highest BCUT2D eigenvalue weighted by atomic mass is 32.1. The minimum absolute atomic E-state index is 0.416. The third-order valence-electron chi connectivity index (χ3n) is 3.32. The van der Waals surface area contributed by atoms with Crippen molar-refractivity contribution in [1.82, 2.24) is 10.7 Å². The van der Waals surface area contributed by atoms with Crippen molar-refractivity contribution in [2.75, 3.05) is 21.3 Å². The van der Waals surface area contributed by atoms with Gasteiger partial charge < -0.3 is 19.5 Å². The van der Waals surface area contributed by atoms with Gasteiger partial charge in [-0.15, -0.1) is 0 Å². The smallest absolute Gasteiger partial charge is 0.203 e. The van der Waals surface area contributed by atoms with Gasteiger partial charge in [0.2, 0.25) is 5.75 Å². The van der Waals surface area contributed by atoms with E-state index < -0.39 is 0 Å². The monoisotopic (exact) mass is 359 g/mol. The molecule has 0 saturated heterocycles. The molecule has 25 heavy (non-hydrogen) atoms. The molecule has 0 bridgehead atoms. The molecule has 0 heterocycles. The number of hydrogen-bond acceptors (Lipinski definition) is 5. The maximum atomic E-state index is 5.91. The summed E-state index contributed by atoms with van der Waals surface area (Å²) in [6, 6.07) is 13.5. The van der Waals surface area contributed by atoms with Gasteiger partial charge in [0, 0.05) is 12.6 Å². The third kappa shape index (κ3) is 5.36. The summed E-state index contributed by atoms with van der Waals surface area (Å²) in [5.41, 5.74) is 4.54. The van der Waals surface area contributed by atoms with E-state index in [0.717, 1.165) is 11.1 Å². The second-order valence-electron chi connectivity index (χ2n) is 4.98. The molecule has 2 N–H and O–H groups in total. The lowest BCUT2D eigenvalue weighted by atomic mass is 10.2. The zero-order valence-electron chi connectivity index (χ0n) is 14.4. The van der Waals surface area contributed by atoms with Gasteiger partial charge in [0.25, 0.3) is 0 Å². The van der Waals surface area contributed by atoms with E-state index in [0.29, 0.717) is 29.0 Å². The first kappa shape index (κ1) is 18.5. The molecule has 0 unspecified atom stereocenters. The van der Waals surface area contributed by atoms with E-state index in [1.807, 2.05) is 42.5 Å². The Labute approximate surface area is 152 Å². The first-order valence-corrected chi connectivity index (χ1v) is 8.02. The maximum Gasteiger partial charge on any atom is 0.203 e. The summed E-state index contributed by atoms with van der Waals surface area (Å²) in [7, 11) is 4.88. The SMILES string of the molecule is CNC(=S)N/N=C/c1cc(OC)c(OCc2ccccc2)c(OC)c1. The van der Waals surface area contributed by atoms with Crippen LogP contribution in [0.2, 0.25) is 0 Å². The fourth-order valence-corrected chi connectivity index (χ4v) is 2.12. The largest absolute Gasteiger partial charge is 0.493 e. The summed E-state index contributed by atoms with van der Waals surface area (Å²) >= 11 is 4.96. The summed E-state index contributed by atoms with van der Waals surface area (Å²) in [5.74, 6) is 1.67. The number of benzene rings is 2. The van der Waals surface area contributed by atoms with Gasteiger partial charge in [0.05, 0.1) is 20.4 Å². The summed E-state index contributed by atoms with van der Waals surface area (Å²) in [6.45, 7) is 0.416. The zero-order valence-corrected chi connectivity index (χ0v) is 15.2. The fourth-order valence-electron chi connectivity index (χ4n) is 2.07. The fraction of sp³-hybridized carbons (Fsp3) is 0.222. The topological polar surface area (TPSA) is 64.1 Å². The van der Waals surface area contributed by atoms with Crippen LogP contribution in [0.4, 0.5) is 0 Å². The number of nitrogens with one attached hydrogen (secondary N) is 2. The van der Waals surface area contributed by atoms with Gasteiger partial charge in [-0.2, -0.15) is 5.10 Å². The highest BCUT2D eigenvalue weighted by Gasteiger charge is 2.14. The van der Waals surface area contributed by atoms with Crippen molar-refractivity contribution in [2.45, 2.75) is 6.61 Å². The van der Waals surface area contributed by atoms with Gasteiger partial charge in [-0.05, 0) is 29.9 Å². The Balaban J connectivity index is 2.20. The average molecular weight is 359 g/mol. The van der Waals surface area contributed by atoms with E-state index in [1.165, 1.54) is 0 Å². The van der Waals surface area contributed by atoms with Crippen LogP contribution < -0.4 is 25.0 Å². The second-order valence-corrected chi connectivity index (χ2v) is 5.39. The zero-order chi connectivity index (χ0) is 18.1. The number of hydrazone groups is 1. The van der Waals surface area contributed by atoms with Crippen LogP contribution in [0.3, 0.4) is 0 Å². The van der Waals surface area contributed by atoms with Crippen LogP contribution in [0.25, 0.3) is 0 Å². The van der Waals surface area contributed by atoms with E-state index in [4.69, 9.17) is 26.4 Å². The molecule has 0 amide bonds. The standard InChI is InChI=1S/C18H21N3O3S/c1-19-18(25)21-20-11-14-9-15(22-2)17(16(10-14)23-3)24-12-13-7-5-4-6-8-13/h4-11H,12H2,1-3H3,(H2,19,21,25)/b20-11+. The van der Waals surface area contributed by atoms with Crippen molar-refractivity contribution in [1.29, 1.82) is 0 Å². The Morgan fingerprint density at radius 2 is 1.76 bits per heavy atom. The van der Waals surface area contributed by atoms with Gasteiger partial charge in [-0.25, -0.2) is 0 Å². The summed E-state index contributed by atoms with van der Waals surface area (Å²) in [6.07, 6.45) is 1.62. The van der Waals surface area contributed by atoms with Crippen LogP contribution in [0.1, 0.15) is 11.1 Å². The minimum Gasteiger partial charge on any atom is -0.493 e. The Kier molecular flexibility index (Phi) is 7.03. The van der Waals surface area contributed by atoms with Crippen molar-refractivity contribution in [3.63, 3.8) is 0 Å². The van der Waals surface area contributed by atoms with Crippen molar-refractivity contribution in [3.05, 3.63) is 53.6 Å². The van der Waals surface area contributed by atoms with Crippen LogP contribution in [-0.4, -0.2) is 32.6 Å². The van der Waals surface area contributed by atoms with Crippen molar-refractivity contribution >= 4 is 23.5 Å². The third-order valence-corrected chi connectivity index (χ3v) is 3.61. The predicted molar refractivity (Wildman–Crippen MR) is 103 cm³/mol. The van der Waals surface area contributed by atoms with Crippen LogP contribution in [0.15, 0.2) is 47.6 Å². The van der Waals surface area contributed by atoms with Crippen molar-refractivity contribution in [2.24, 2.45) is 5.10 Å². The molecular weight excluding hydrogens is 338 g/mol. The van der Waals surface area contributed by atoms with Gasteiger partial charge >= 0.3 is 0 Å². The average Bonchev–Trinajstić information content (AvgIpc) is 2.66. The molecular formula is C18H21N3O3S. The molecule has 0 spiro atoms. The number of ether oxygens (including phenoxy) is 3. The van der Waals surface area contributed by atoms with Crippen molar-refractivity contribution < 1.29 is 14.2 Å². The first-order valence-electron chi connectivity index (χ1n) is 7.61.